The first-order valence-corrected chi connectivity index (χ1v) is 9.51. The molecule has 0 rings (SSSR count). The number of nitrogens with one attached hydrogen (secondary N) is 3. The Morgan fingerprint density at radius 2 is 1.55 bits per heavy atom. The summed E-state index contributed by atoms with van der Waals surface area (Å²) in [4.78, 5) is 59.3. The van der Waals surface area contributed by atoms with E-state index in [0.717, 1.165) is 0 Å². The standard InChI is InChI=1S/C16H29N5O7S/c1-3-7(2)12(21-13(24)8(17)6-29)15(26)19-9(4-11(18)23)14(25)20-10(5-22)16(27)28/h7-10,12,22,29H,3-6,17H2,1-2H3,(H2,18,23)(H,19,26)(H,20,25)(H,21,24)(H,27,28). The minimum absolute atomic E-state index is 0.0467. The molecule has 0 fully saturated rings. The molecule has 0 aromatic rings. The van der Waals surface area contributed by atoms with Gasteiger partial charge in [-0.05, 0) is 5.92 Å². The van der Waals surface area contributed by atoms with Gasteiger partial charge in [0.2, 0.25) is 23.6 Å². The fourth-order valence-electron chi connectivity index (χ4n) is 2.17. The predicted octanol–water partition coefficient (Wildman–Crippen LogP) is -3.30. The van der Waals surface area contributed by atoms with Crippen molar-refractivity contribution in [3.63, 3.8) is 0 Å². The normalized spacial score (nSPS) is 15.9. The summed E-state index contributed by atoms with van der Waals surface area (Å²) in [6.45, 7) is 2.57. The van der Waals surface area contributed by atoms with Crippen molar-refractivity contribution in [3.8, 4) is 0 Å². The Balaban J connectivity index is 5.46. The SMILES string of the molecule is CCC(C)C(NC(=O)C(N)CS)C(=O)NC(CC(N)=O)C(=O)NC(CO)C(=O)O. The number of aliphatic hydroxyl groups excluding tert-OH is 1. The number of nitrogens with two attached hydrogens (primary N) is 2. The van der Waals surface area contributed by atoms with Gasteiger partial charge in [0.1, 0.15) is 18.1 Å². The Labute approximate surface area is 173 Å². The highest BCUT2D eigenvalue weighted by Crippen LogP contribution is 2.09. The van der Waals surface area contributed by atoms with E-state index in [2.05, 4.69) is 23.3 Å². The summed E-state index contributed by atoms with van der Waals surface area (Å²) >= 11 is 3.92. The third kappa shape index (κ3) is 9.11. The lowest BCUT2D eigenvalue weighted by molar-refractivity contribution is -0.143. The second-order valence-corrected chi connectivity index (χ2v) is 6.84. The molecule has 0 heterocycles. The van der Waals surface area contributed by atoms with Gasteiger partial charge in [-0.25, -0.2) is 4.79 Å². The molecule has 0 bridgehead atoms. The zero-order chi connectivity index (χ0) is 22.7. The second kappa shape index (κ2) is 13.0. The number of hydrogen-bond donors (Lipinski definition) is 8. The first-order valence-electron chi connectivity index (χ1n) is 8.87. The molecule has 0 saturated heterocycles. The van der Waals surface area contributed by atoms with Gasteiger partial charge in [-0.1, -0.05) is 20.3 Å². The van der Waals surface area contributed by atoms with Crippen LogP contribution in [0.3, 0.4) is 0 Å². The Bertz CT molecular complexity index is 618. The second-order valence-electron chi connectivity index (χ2n) is 6.47. The molecule has 29 heavy (non-hydrogen) atoms. The Morgan fingerprint density at radius 3 is 1.97 bits per heavy atom. The minimum atomic E-state index is -1.63. The van der Waals surface area contributed by atoms with Crippen molar-refractivity contribution < 1.29 is 34.2 Å². The molecule has 0 aromatic heterocycles. The summed E-state index contributed by atoms with van der Waals surface area (Å²) in [5.41, 5.74) is 10.7. The zero-order valence-electron chi connectivity index (χ0n) is 16.3. The highest BCUT2D eigenvalue weighted by Gasteiger charge is 2.32. The van der Waals surface area contributed by atoms with Crippen molar-refractivity contribution in [3.05, 3.63) is 0 Å². The molecule has 5 atom stereocenters. The van der Waals surface area contributed by atoms with Crippen LogP contribution >= 0.6 is 12.6 Å². The molecule has 4 amide bonds. The van der Waals surface area contributed by atoms with Crippen molar-refractivity contribution in [1.29, 1.82) is 0 Å². The highest BCUT2D eigenvalue weighted by molar-refractivity contribution is 7.80. The molecule has 0 aliphatic carbocycles. The van der Waals surface area contributed by atoms with Crippen LogP contribution in [0.5, 0.6) is 0 Å². The van der Waals surface area contributed by atoms with Crippen LogP contribution in [0.15, 0.2) is 0 Å². The molecule has 0 aliphatic rings. The van der Waals surface area contributed by atoms with E-state index < -0.39 is 66.8 Å². The van der Waals surface area contributed by atoms with Crippen molar-refractivity contribution >= 4 is 42.2 Å². The van der Waals surface area contributed by atoms with E-state index in [0.29, 0.717) is 6.42 Å². The maximum Gasteiger partial charge on any atom is 0.328 e. The number of carbonyl (C=O) groups excluding carboxylic acids is 4. The molecule has 5 unspecified atom stereocenters. The van der Waals surface area contributed by atoms with Crippen molar-refractivity contribution in [2.45, 2.75) is 50.9 Å². The molecule has 13 heteroatoms. The molecule has 0 aliphatic heterocycles. The smallest absolute Gasteiger partial charge is 0.328 e. The quantitative estimate of drug-likeness (QED) is 0.137. The predicted molar refractivity (Wildman–Crippen MR) is 106 cm³/mol. The lowest BCUT2D eigenvalue weighted by atomic mass is 9.97. The van der Waals surface area contributed by atoms with Gasteiger partial charge in [0.15, 0.2) is 0 Å². The summed E-state index contributed by atoms with van der Waals surface area (Å²) in [6.07, 6.45) is -0.126. The molecule has 0 radical (unpaired) electrons. The molecule has 9 N–H and O–H groups in total. The summed E-state index contributed by atoms with van der Waals surface area (Å²) in [5, 5.41) is 24.7. The van der Waals surface area contributed by atoms with E-state index >= 15 is 0 Å². The summed E-state index contributed by atoms with van der Waals surface area (Å²) in [7, 11) is 0. The van der Waals surface area contributed by atoms with Gasteiger partial charge < -0.3 is 37.6 Å². The van der Waals surface area contributed by atoms with Gasteiger partial charge in [-0.3, -0.25) is 19.2 Å². The highest BCUT2D eigenvalue weighted by atomic mass is 32.1. The van der Waals surface area contributed by atoms with E-state index in [4.69, 9.17) is 21.7 Å². The summed E-state index contributed by atoms with van der Waals surface area (Å²) in [6, 6.07) is -5.17. The fourth-order valence-corrected chi connectivity index (χ4v) is 2.34. The van der Waals surface area contributed by atoms with Crippen molar-refractivity contribution in [2.75, 3.05) is 12.4 Å². The van der Waals surface area contributed by atoms with E-state index in [1.807, 2.05) is 5.32 Å². The number of thiol groups is 1. The number of aliphatic hydroxyl groups is 1. The van der Waals surface area contributed by atoms with Gasteiger partial charge in [0, 0.05) is 5.75 Å². The van der Waals surface area contributed by atoms with Gasteiger partial charge >= 0.3 is 5.97 Å². The number of primary amides is 1. The number of aliphatic carboxylic acids is 1. The van der Waals surface area contributed by atoms with Crippen LogP contribution < -0.4 is 27.4 Å². The van der Waals surface area contributed by atoms with E-state index in [9.17, 15) is 24.0 Å². The van der Waals surface area contributed by atoms with Gasteiger partial charge in [0.25, 0.3) is 0 Å². The van der Waals surface area contributed by atoms with E-state index in [-0.39, 0.29) is 11.7 Å². The molecule has 166 valence electrons. The van der Waals surface area contributed by atoms with Crippen molar-refractivity contribution in [2.24, 2.45) is 17.4 Å². The summed E-state index contributed by atoms with van der Waals surface area (Å²) < 4.78 is 0. The van der Waals surface area contributed by atoms with Crippen LogP contribution in [0.1, 0.15) is 26.7 Å². The molecular formula is C16H29N5O7S. The fraction of sp³-hybridized carbons (Fsp3) is 0.688. The van der Waals surface area contributed by atoms with Gasteiger partial charge in [-0.15, -0.1) is 0 Å². The third-order valence-corrected chi connectivity index (χ3v) is 4.56. The number of amides is 4. The number of rotatable bonds is 13. The van der Waals surface area contributed by atoms with Crippen LogP contribution in [-0.2, 0) is 24.0 Å². The molecular weight excluding hydrogens is 406 g/mol. The zero-order valence-corrected chi connectivity index (χ0v) is 17.1. The lowest BCUT2D eigenvalue weighted by Gasteiger charge is -2.27. The average molecular weight is 436 g/mol. The maximum absolute atomic E-state index is 12.7. The maximum atomic E-state index is 12.7. The van der Waals surface area contributed by atoms with Crippen LogP contribution in [0, 0.1) is 5.92 Å². The van der Waals surface area contributed by atoms with Crippen molar-refractivity contribution in [1.82, 2.24) is 16.0 Å². The largest absolute Gasteiger partial charge is 0.480 e. The van der Waals surface area contributed by atoms with Gasteiger partial charge in [0.05, 0.1) is 19.1 Å². The Hall–Kier alpha value is -2.38. The van der Waals surface area contributed by atoms with Crippen LogP contribution in [0.4, 0.5) is 0 Å². The molecule has 0 saturated carbocycles. The number of carboxylic acids is 1. The monoisotopic (exact) mass is 435 g/mol. The Morgan fingerprint density at radius 1 is 1.00 bits per heavy atom. The number of hydrogen-bond acceptors (Lipinski definition) is 8. The topological polar surface area (TPSA) is 214 Å². The molecule has 0 aromatic carbocycles. The van der Waals surface area contributed by atoms with Crippen LogP contribution in [-0.4, -0.2) is 76.3 Å². The molecule has 0 spiro atoms. The molecule has 12 nitrogen and oxygen atoms in total. The van der Waals surface area contributed by atoms with E-state index in [1.54, 1.807) is 13.8 Å². The number of carbonyl (C=O) groups is 5. The van der Waals surface area contributed by atoms with Crippen LogP contribution in [0.2, 0.25) is 0 Å². The summed E-state index contributed by atoms with van der Waals surface area (Å²) in [5.74, 6) is -5.17. The average Bonchev–Trinajstić information content (AvgIpc) is 2.66. The first kappa shape index (κ1) is 26.6. The number of carboxylic acid groups (broad SMARTS) is 1. The Kier molecular flexibility index (Phi) is 11.9. The van der Waals surface area contributed by atoms with Gasteiger partial charge in [-0.2, -0.15) is 12.6 Å². The minimum Gasteiger partial charge on any atom is -0.480 e. The first-order chi connectivity index (χ1) is 13.5. The van der Waals surface area contributed by atoms with Crippen LogP contribution in [0.25, 0.3) is 0 Å². The van der Waals surface area contributed by atoms with E-state index in [1.165, 1.54) is 0 Å². The third-order valence-electron chi connectivity index (χ3n) is 4.16. The lowest BCUT2D eigenvalue weighted by Crippen LogP contribution is -2.59.